The maximum Gasteiger partial charge on any atom is 0.160 e. The first-order chi connectivity index (χ1) is 26.8. The zero-order valence-corrected chi connectivity index (χ0v) is 29.5. The van der Waals surface area contributed by atoms with E-state index >= 15 is 0 Å². The van der Waals surface area contributed by atoms with Crippen molar-refractivity contribution in [2.75, 3.05) is 0 Å². The highest BCUT2D eigenvalue weighted by Crippen LogP contribution is 2.47. The van der Waals surface area contributed by atoms with Gasteiger partial charge >= 0.3 is 0 Å². The molecule has 9 aromatic carbocycles. The number of benzene rings is 9. The van der Waals surface area contributed by atoms with E-state index in [2.05, 4.69) is 188 Å². The van der Waals surface area contributed by atoms with E-state index in [4.69, 9.17) is 9.97 Å². The van der Waals surface area contributed by atoms with Gasteiger partial charge in [-0.05, 0) is 66.2 Å². The van der Waals surface area contributed by atoms with E-state index in [0.29, 0.717) is 5.82 Å². The van der Waals surface area contributed by atoms with Gasteiger partial charge in [-0.1, -0.05) is 200 Å². The highest BCUT2D eigenvalue weighted by molar-refractivity contribution is 6.23. The van der Waals surface area contributed by atoms with Crippen LogP contribution in [0.5, 0.6) is 0 Å². The Morgan fingerprint density at radius 2 is 0.648 bits per heavy atom. The van der Waals surface area contributed by atoms with Crippen LogP contribution in [0.4, 0.5) is 0 Å². The molecular formula is C52H34N2. The van der Waals surface area contributed by atoms with Gasteiger partial charge in [0.25, 0.3) is 0 Å². The summed E-state index contributed by atoms with van der Waals surface area (Å²) in [7, 11) is 0. The molecule has 0 aliphatic rings. The van der Waals surface area contributed by atoms with Crippen molar-refractivity contribution in [1.82, 2.24) is 9.97 Å². The molecule has 54 heavy (non-hydrogen) atoms. The van der Waals surface area contributed by atoms with Crippen LogP contribution in [0.1, 0.15) is 0 Å². The fourth-order valence-electron chi connectivity index (χ4n) is 8.06. The van der Waals surface area contributed by atoms with Gasteiger partial charge in [0.2, 0.25) is 0 Å². The largest absolute Gasteiger partial charge is 0.227 e. The Balaban J connectivity index is 1.26. The Kier molecular flexibility index (Phi) is 7.85. The molecule has 2 nitrogen and oxygen atoms in total. The standard InChI is InChI=1S/C52H34N2/c1-4-19-36(20-5-1)50-48(51(37-21-6-2-7-22-37)54-52(53-50)38-23-8-3-9-24-38)40-27-16-26-39(34-40)47-43-29-12-14-31-45(43)49(46-32-15-13-30-44(46)47)42-33-17-25-35-18-10-11-28-41(35)42/h1-34H. The van der Waals surface area contributed by atoms with Crippen LogP contribution in [0, 0.1) is 0 Å². The second-order valence-electron chi connectivity index (χ2n) is 13.7. The van der Waals surface area contributed by atoms with Crippen LogP contribution in [0.25, 0.3) is 99.6 Å². The highest BCUT2D eigenvalue weighted by Gasteiger charge is 2.22. The Hall–Kier alpha value is -7.16. The molecule has 0 atom stereocenters. The van der Waals surface area contributed by atoms with Crippen LogP contribution in [-0.2, 0) is 0 Å². The fraction of sp³-hybridized carbons (Fsp3) is 0. The Labute approximate surface area is 314 Å². The molecule has 0 amide bonds. The van der Waals surface area contributed by atoms with Gasteiger partial charge in [0.05, 0.1) is 11.4 Å². The lowest BCUT2D eigenvalue weighted by Crippen LogP contribution is -2.01. The summed E-state index contributed by atoms with van der Waals surface area (Å²) in [5, 5.41) is 7.41. The smallest absolute Gasteiger partial charge is 0.160 e. The summed E-state index contributed by atoms with van der Waals surface area (Å²) in [6.07, 6.45) is 0. The van der Waals surface area contributed by atoms with E-state index in [9.17, 15) is 0 Å². The van der Waals surface area contributed by atoms with Gasteiger partial charge in [0.1, 0.15) is 0 Å². The number of nitrogens with zero attached hydrogens (tertiary/aromatic N) is 2. The van der Waals surface area contributed by atoms with Crippen LogP contribution >= 0.6 is 0 Å². The summed E-state index contributed by atoms with van der Waals surface area (Å²) in [5.41, 5.74) is 11.8. The SMILES string of the molecule is c1ccc(-c2nc(-c3ccccc3)c(-c3cccc(-c4c5ccccc5c(-c5cccc6ccccc56)c5ccccc45)c3)c(-c3ccccc3)n2)cc1. The van der Waals surface area contributed by atoms with E-state index in [1.165, 1.54) is 49.0 Å². The van der Waals surface area contributed by atoms with Gasteiger partial charge in [-0.15, -0.1) is 0 Å². The molecule has 0 bridgehead atoms. The summed E-state index contributed by atoms with van der Waals surface area (Å²) < 4.78 is 0. The van der Waals surface area contributed by atoms with E-state index in [1.807, 2.05) is 18.2 Å². The molecule has 10 rings (SSSR count). The van der Waals surface area contributed by atoms with Crippen molar-refractivity contribution in [3.63, 3.8) is 0 Å². The number of hydrogen-bond donors (Lipinski definition) is 0. The molecule has 0 saturated heterocycles. The van der Waals surface area contributed by atoms with E-state index in [-0.39, 0.29) is 0 Å². The lowest BCUT2D eigenvalue weighted by molar-refractivity contribution is 1.18. The third-order valence-corrected chi connectivity index (χ3v) is 10.5. The van der Waals surface area contributed by atoms with Crippen molar-refractivity contribution in [1.29, 1.82) is 0 Å². The normalized spacial score (nSPS) is 11.3. The Morgan fingerprint density at radius 3 is 1.20 bits per heavy atom. The minimum absolute atomic E-state index is 0.703. The second kappa shape index (κ2) is 13.4. The summed E-state index contributed by atoms with van der Waals surface area (Å²) >= 11 is 0. The highest BCUT2D eigenvalue weighted by atomic mass is 14.9. The first kappa shape index (κ1) is 31.6. The molecule has 10 aromatic rings. The quantitative estimate of drug-likeness (QED) is 0.163. The van der Waals surface area contributed by atoms with E-state index in [0.717, 1.165) is 44.8 Å². The van der Waals surface area contributed by atoms with Gasteiger partial charge in [0.15, 0.2) is 5.82 Å². The van der Waals surface area contributed by atoms with Crippen molar-refractivity contribution in [2.24, 2.45) is 0 Å². The number of fused-ring (bicyclic) bond motifs is 3. The van der Waals surface area contributed by atoms with Crippen LogP contribution in [-0.4, -0.2) is 9.97 Å². The van der Waals surface area contributed by atoms with Crippen LogP contribution in [0.15, 0.2) is 206 Å². The van der Waals surface area contributed by atoms with Gasteiger partial charge in [-0.2, -0.15) is 0 Å². The molecule has 0 N–H and O–H groups in total. The maximum absolute atomic E-state index is 5.34. The molecule has 0 radical (unpaired) electrons. The van der Waals surface area contributed by atoms with Crippen molar-refractivity contribution in [3.05, 3.63) is 206 Å². The second-order valence-corrected chi connectivity index (χ2v) is 13.7. The minimum Gasteiger partial charge on any atom is -0.227 e. The first-order valence-corrected chi connectivity index (χ1v) is 18.4. The van der Waals surface area contributed by atoms with Crippen LogP contribution < -0.4 is 0 Å². The van der Waals surface area contributed by atoms with E-state index in [1.54, 1.807) is 0 Å². The summed E-state index contributed by atoms with van der Waals surface area (Å²) in [5.74, 6) is 0.703. The number of rotatable bonds is 6. The van der Waals surface area contributed by atoms with Crippen molar-refractivity contribution < 1.29 is 0 Å². The van der Waals surface area contributed by atoms with Gasteiger partial charge in [0, 0.05) is 22.3 Å². The molecule has 0 aliphatic heterocycles. The summed E-state index contributed by atoms with van der Waals surface area (Å²) in [6.45, 7) is 0. The zero-order valence-electron chi connectivity index (χ0n) is 29.5. The average Bonchev–Trinajstić information content (AvgIpc) is 3.26. The molecule has 0 unspecified atom stereocenters. The average molecular weight is 687 g/mol. The van der Waals surface area contributed by atoms with E-state index < -0.39 is 0 Å². The number of aromatic nitrogens is 2. The monoisotopic (exact) mass is 686 g/mol. The molecule has 0 saturated carbocycles. The molecule has 1 aromatic heterocycles. The van der Waals surface area contributed by atoms with Crippen LogP contribution in [0.3, 0.4) is 0 Å². The van der Waals surface area contributed by atoms with Crippen molar-refractivity contribution >= 4 is 32.3 Å². The first-order valence-electron chi connectivity index (χ1n) is 18.4. The molecule has 1 heterocycles. The molecule has 0 fully saturated rings. The Bertz CT molecular complexity index is 2850. The maximum atomic E-state index is 5.34. The minimum atomic E-state index is 0.703. The molecule has 2 heteroatoms. The predicted molar refractivity (Wildman–Crippen MR) is 227 cm³/mol. The third-order valence-electron chi connectivity index (χ3n) is 10.5. The fourth-order valence-corrected chi connectivity index (χ4v) is 8.06. The summed E-state index contributed by atoms with van der Waals surface area (Å²) in [4.78, 5) is 10.7. The lowest BCUT2D eigenvalue weighted by atomic mass is 9.84. The van der Waals surface area contributed by atoms with Crippen LogP contribution in [0.2, 0.25) is 0 Å². The van der Waals surface area contributed by atoms with Gasteiger partial charge in [-0.25, -0.2) is 9.97 Å². The topological polar surface area (TPSA) is 25.8 Å². The third kappa shape index (κ3) is 5.44. The molecule has 0 spiro atoms. The van der Waals surface area contributed by atoms with Gasteiger partial charge < -0.3 is 0 Å². The predicted octanol–water partition coefficient (Wildman–Crippen LogP) is 13.9. The lowest BCUT2D eigenvalue weighted by Gasteiger charge is -2.20. The summed E-state index contributed by atoms with van der Waals surface area (Å²) in [6, 6.07) is 73.4. The van der Waals surface area contributed by atoms with Crippen molar-refractivity contribution in [2.45, 2.75) is 0 Å². The number of hydrogen-bond acceptors (Lipinski definition) is 2. The van der Waals surface area contributed by atoms with Gasteiger partial charge in [-0.3, -0.25) is 0 Å². The zero-order chi connectivity index (χ0) is 35.8. The Morgan fingerprint density at radius 1 is 0.259 bits per heavy atom. The van der Waals surface area contributed by atoms with Crippen molar-refractivity contribution in [3.8, 4) is 67.3 Å². The molecular weight excluding hydrogens is 653 g/mol. The molecule has 0 aliphatic carbocycles. The molecule has 252 valence electrons.